The van der Waals surface area contributed by atoms with Crippen LogP contribution in [0.5, 0.6) is 0 Å². The molecule has 28 heavy (non-hydrogen) atoms. The van der Waals surface area contributed by atoms with Crippen LogP contribution in [-0.2, 0) is 0 Å². The lowest BCUT2D eigenvalue weighted by atomic mass is 10.1. The maximum atomic E-state index is 9.47. The van der Waals surface area contributed by atoms with E-state index >= 15 is 0 Å². The first-order valence-electron chi connectivity index (χ1n) is 9.44. The summed E-state index contributed by atoms with van der Waals surface area (Å²) in [6, 6.07) is 0. The van der Waals surface area contributed by atoms with Gasteiger partial charge in [0, 0.05) is 22.0 Å². The predicted molar refractivity (Wildman–Crippen MR) is 125 cm³/mol. The van der Waals surface area contributed by atoms with E-state index in [-0.39, 0.29) is 0 Å². The molecule has 0 saturated carbocycles. The molecule has 2 amide bonds. The van der Waals surface area contributed by atoms with Crippen LogP contribution >= 0.6 is 43.2 Å². The minimum Gasteiger partial charge on any atom is -0.464 e. The van der Waals surface area contributed by atoms with Gasteiger partial charge in [-0.2, -0.15) is 0 Å². The van der Waals surface area contributed by atoms with Crippen molar-refractivity contribution in [2.45, 2.75) is 61.9 Å². The second kappa shape index (κ2) is 20.1. The molecule has 2 atom stereocenters. The lowest BCUT2D eigenvalue weighted by Crippen LogP contribution is -2.39. The van der Waals surface area contributed by atoms with Crippen LogP contribution in [0.4, 0.5) is 9.59 Å². The summed E-state index contributed by atoms with van der Waals surface area (Å²) in [5.74, 6) is 2.72. The van der Waals surface area contributed by atoms with Gasteiger partial charge in [0.2, 0.25) is 0 Å². The maximum absolute atomic E-state index is 9.47. The number of amides is 2. The Labute approximate surface area is 183 Å². The highest BCUT2D eigenvalue weighted by molar-refractivity contribution is 8.77. The van der Waals surface area contributed by atoms with Crippen molar-refractivity contribution in [3.05, 3.63) is 0 Å². The standard InChI is InChI=1S/2C7H15NS2.C2H4N2O4/c2*8-5-2-1-3-7-4-6-9-10-7;5-1(6)3-4-2(7)8/h2*7H,1-6,8H2;3-4H,(H,5,6)(H,7,8). The van der Waals surface area contributed by atoms with Gasteiger partial charge in [0.1, 0.15) is 0 Å². The summed E-state index contributed by atoms with van der Waals surface area (Å²) in [5, 5.41) is 17.3. The second-order valence-electron chi connectivity index (χ2n) is 6.09. The van der Waals surface area contributed by atoms with Gasteiger partial charge >= 0.3 is 12.2 Å². The van der Waals surface area contributed by atoms with E-state index in [4.69, 9.17) is 21.7 Å². The fourth-order valence-electron chi connectivity index (χ4n) is 2.27. The van der Waals surface area contributed by atoms with Crippen LogP contribution < -0.4 is 22.3 Å². The van der Waals surface area contributed by atoms with Gasteiger partial charge in [-0.1, -0.05) is 56.0 Å². The van der Waals surface area contributed by atoms with Crippen LogP contribution in [0.25, 0.3) is 0 Å². The highest BCUT2D eigenvalue weighted by atomic mass is 33.1. The number of carbonyl (C=O) groups is 2. The summed E-state index contributed by atoms with van der Waals surface area (Å²) in [7, 11) is 8.19. The molecule has 0 aromatic heterocycles. The number of nitrogens with one attached hydrogen (secondary N) is 2. The van der Waals surface area contributed by atoms with E-state index in [2.05, 4.69) is 21.6 Å². The van der Waals surface area contributed by atoms with E-state index in [0.29, 0.717) is 0 Å². The van der Waals surface area contributed by atoms with E-state index in [9.17, 15) is 9.59 Å². The Morgan fingerprint density at radius 1 is 0.786 bits per heavy atom. The smallest absolute Gasteiger partial charge is 0.423 e. The van der Waals surface area contributed by atoms with Gasteiger partial charge in [-0.25, -0.2) is 20.4 Å². The van der Waals surface area contributed by atoms with Gasteiger partial charge in [-0.15, -0.1) is 0 Å². The van der Waals surface area contributed by atoms with Gasteiger partial charge in [0.05, 0.1) is 0 Å². The third-order valence-corrected chi connectivity index (χ3v) is 9.70. The predicted octanol–water partition coefficient (Wildman–Crippen LogP) is 3.97. The Morgan fingerprint density at radius 2 is 1.18 bits per heavy atom. The third kappa shape index (κ3) is 19.2. The first-order chi connectivity index (χ1) is 13.5. The van der Waals surface area contributed by atoms with Gasteiger partial charge in [-0.3, -0.25) is 0 Å². The van der Waals surface area contributed by atoms with Crippen molar-refractivity contribution in [2.75, 3.05) is 24.6 Å². The molecule has 2 unspecified atom stereocenters. The van der Waals surface area contributed by atoms with E-state index < -0.39 is 12.2 Å². The Morgan fingerprint density at radius 3 is 1.43 bits per heavy atom. The van der Waals surface area contributed by atoms with Gasteiger partial charge < -0.3 is 21.7 Å². The Kier molecular flexibility index (Phi) is 20.0. The zero-order valence-electron chi connectivity index (χ0n) is 16.1. The number of hydrogen-bond acceptors (Lipinski definition) is 8. The average molecular weight is 475 g/mol. The molecule has 2 heterocycles. The Hall–Kier alpha value is -0.140. The van der Waals surface area contributed by atoms with Crippen molar-refractivity contribution in [2.24, 2.45) is 11.5 Å². The highest BCUT2D eigenvalue weighted by Gasteiger charge is 2.15. The monoisotopic (exact) mass is 474 g/mol. The highest BCUT2D eigenvalue weighted by Crippen LogP contribution is 2.40. The van der Waals surface area contributed by atoms with Gasteiger partial charge in [0.15, 0.2) is 0 Å². The lowest BCUT2D eigenvalue weighted by molar-refractivity contribution is 0.172. The van der Waals surface area contributed by atoms with Gasteiger partial charge in [-0.05, 0) is 51.6 Å². The maximum Gasteiger partial charge on any atom is 0.423 e. The van der Waals surface area contributed by atoms with Crippen molar-refractivity contribution in [1.82, 2.24) is 10.9 Å². The van der Waals surface area contributed by atoms with Gasteiger partial charge in [0.25, 0.3) is 0 Å². The molecule has 2 fully saturated rings. The Balaban J connectivity index is 0.000000394. The summed E-state index contributed by atoms with van der Waals surface area (Å²) in [4.78, 5) is 18.9. The fourth-order valence-corrected chi connectivity index (χ4v) is 8.32. The number of unbranched alkanes of at least 4 members (excludes halogenated alkanes) is 2. The molecular formula is C16H34N4O4S4. The minimum atomic E-state index is -1.44. The first-order valence-corrected chi connectivity index (χ1v) is 14.2. The van der Waals surface area contributed by atoms with Crippen molar-refractivity contribution in [1.29, 1.82) is 0 Å². The second-order valence-corrected chi connectivity index (χ2v) is 11.7. The van der Waals surface area contributed by atoms with Crippen LogP contribution in [0.1, 0.15) is 51.4 Å². The summed E-state index contributed by atoms with van der Waals surface area (Å²) in [6.45, 7) is 1.73. The molecular weight excluding hydrogens is 440 g/mol. The third-order valence-electron chi connectivity index (χ3n) is 3.69. The summed E-state index contributed by atoms with van der Waals surface area (Å²) in [6.07, 6.45) is 7.80. The number of hydrogen-bond donors (Lipinski definition) is 6. The van der Waals surface area contributed by atoms with E-state index in [1.807, 2.05) is 21.6 Å². The molecule has 0 aliphatic carbocycles. The number of nitrogens with two attached hydrogens (primary N) is 2. The number of rotatable bonds is 8. The first kappa shape index (κ1) is 27.9. The molecule has 0 radical (unpaired) electrons. The van der Waals surface area contributed by atoms with Crippen LogP contribution in [-0.4, -0.2) is 57.5 Å². The molecule has 0 spiro atoms. The minimum absolute atomic E-state index is 0.866. The molecule has 0 aromatic rings. The molecule has 166 valence electrons. The SMILES string of the molecule is NCCCCC1CCSS1.NCCCCC1CCSS1.O=C(O)NNC(=O)O. The molecule has 2 rings (SSSR count). The molecule has 2 saturated heterocycles. The van der Waals surface area contributed by atoms with Crippen LogP contribution in [0.2, 0.25) is 0 Å². The summed E-state index contributed by atoms with van der Waals surface area (Å²) >= 11 is 0. The average Bonchev–Trinajstić information content (AvgIpc) is 3.36. The largest absolute Gasteiger partial charge is 0.464 e. The van der Waals surface area contributed by atoms with Crippen molar-refractivity contribution in [3.8, 4) is 0 Å². The van der Waals surface area contributed by atoms with Crippen LogP contribution in [0.15, 0.2) is 0 Å². The van der Waals surface area contributed by atoms with E-state index in [0.717, 1.165) is 23.6 Å². The molecule has 2 aliphatic heterocycles. The van der Waals surface area contributed by atoms with E-state index in [1.165, 1.54) is 73.7 Å². The van der Waals surface area contributed by atoms with Crippen molar-refractivity contribution < 1.29 is 19.8 Å². The van der Waals surface area contributed by atoms with Crippen LogP contribution in [0, 0.1) is 0 Å². The molecule has 12 heteroatoms. The number of carboxylic acid groups (broad SMARTS) is 2. The quantitative estimate of drug-likeness (QED) is 0.173. The van der Waals surface area contributed by atoms with E-state index in [1.54, 1.807) is 0 Å². The number of hydrazine groups is 1. The summed E-state index contributed by atoms with van der Waals surface area (Å²) in [5.41, 5.74) is 13.6. The molecule has 8 N–H and O–H groups in total. The summed E-state index contributed by atoms with van der Waals surface area (Å²) < 4.78 is 0. The van der Waals surface area contributed by atoms with Crippen molar-refractivity contribution in [3.63, 3.8) is 0 Å². The molecule has 0 aromatic carbocycles. The molecule has 8 nitrogen and oxygen atoms in total. The molecule has 2 aliphatic rings. The topological polar surface area (TPSA) is 151 Å². The zero-order valence-corrected chi connectivity index (χ0v) is 19.4. The lowest BCUT2D eigenvalue weighted by Gasteiger charge is -2.04. The van der Waals surface area contributed by atoms with Crippen molar-refractivity contribution >= 4 is 55.4 Å². The zero-order chi connectivity index (χ0) is 21.0. The normalized spacial score (nSPS) is 20.4. The van der Waals surface area contributed by atoms with Crippen LogP contribution in [0.3, 0.4) is 0 Å². The Bertz CT molecular complexity index is 363. The molecule has 0 bridgehead atoms. The fraction of sp³-hybridized carbons (Fsp3) is 0.875.